The van der Waals surface area contributed by atoms with Crippen LogP contribution < -0.4 is 9.62 Å². The number of nitrogens with zero attached hydrogens (tertiary/aromatic N) is 1. The summed E-state index contributed by atoms with van der Waals surface area (Å²) < 4.78 is 39.5. The van der Waals surface area contributed by atoms with Crippen molar-refractivity contribution in [1.82, 2.24) is 5.32 Å². The van der Waals surface area contributed by atoms with E-state index in [1.807, 2.05) is 18.2 Å². The number of halogens is 1. The molecule has 0 aromatic heterocycles. The number of hydrogen-bond donors (Lipinski definition) is 1. The molecule has 26 heavy (non-hydrogen) atoms. The third kappa shape index (κ3) is 4.29. The van der Waals surface area contributed by atoms with Crippen molar-refractivity contribution in [2.75, 3.05) is 23.1 Å². The number of nitrogens with one attached hydrogen (secondary N) is 1. The predicted molar refractivity (Wildman–Crippen MR) is 99.7 cm³/mol. The molecule has 0 fully saturated rings. The van der Waals surface area contributed by atoms with E-state index >= 15 is 0 Å². The maximum atomic E-state index is 13.1. The van der Waals surface area contributed by atoms with Gasteiger partial charge in [0.2, 0.25) is 15.9 Å². The molecule has 1 heterocycles. The minimum Gasteiger partial charge on any atom is -0.351 e. The van der Waals surface area contributed by atoms with E-state index in [0.717, 1.165) is 5.56 Å². The second-order valence-electron chi connectivity index (χ2n) is 5.95. The van der Waals surface area contributed by atoms with Crippen LogP contribution >= 0.6 is 0 Å². The van der Waals surface area contributed by atoms with Gasteiger partial charge in [0.05, 0.1) is 11.4 Å². The largest absolute Gasteiger partial charge is 0.351 e. The minimum absolute atomic E-state index is 0.00727. The molecular formula is C19H19FN2O3S. The fourth-order valence-corrected chi connectivity index (χ4v) is 4.28. The van der Waals surface area contributed by atoms with Crippen LogP contribution in [0.1, 0.15) is 11.1 Å². The summed E-state index contributed by atoms with van der Waals surface area (Å²) in [6, 6.07) is 13.3. The molecule has 0 atom stereocenters. The molecule has 7 heteroatoms. The number of amides is 1. The van der Waals surface area contributed by atoms with E-state index in [-0.39, 0.29) is 18.1 Å². The van der Waals surface area contributed by atoms with Crippen LogP contribution in [0, 0.1) is 5.82 Å². The van der Waals surface area contributed by atoms with E-state index in [9.17, 15) is 17.6 Å². The molecule has 1 N–H and O–H groups in total. The molecule has 0 saturated heterocycles. The van der Waals surface area contributed by atoms with Gasteiger partial charge in [0, 0.05) is 19.2 Å². The van der Waals surface area contributed by atoms with Gasteiger partial charge >= 0.3 is 0 Å². The Kier molecular flexibility index (Phi) is 5.37. The van der Waals surface area contributed by atoms with Gasteiger partial charge in [-0.2, -0.15) is 0 Å². The Morgan fingerprint density at radius 1 is 1.19 bits per heavy atom. The molecule has 0 spiro atoms. The number of sulfonamides is 1. The van der Waals surface area contributed by atoms with Crippen LogP contribution in [0.2, 0.25) is 0 Å². The Balaban J connectivity index is 1.53. The standard InChI is InChI=1S/C19H19FN2O3S/c20-17-6-3-4-15(14-17)8-9-19(23)21-11-13-26(24,25)22-12-10-16-5-1-2-7-18(16)22/h1-9,14H,10-13H2,(H,21,23)/b9-8+. The first-order chi connectivity index (χ1) is 12.5. The number of benzene rings is 2. The first-order valence-corrected chi connectivity index (χ1v) is 9.86. The van der Waals surface area contributed by atoms with Crippen molar-refractivity contribution < 1.29 is 17.6 Å². The molecule has 0 unspecified atom stereocenters. The lowest BCUT2D eigenvalue weighted by molar-refractivity contribution is -0.116. The van der Waals surface area contributed by atoms with E-state index in [0.29, 0.717) is 24.2 Å². The topological polar surface area (TPSA) is 66.5 Å². The van der Waals surface area contributed by atoms with Crippen LogP contribution in [0.15, 0.2) is 54.6 Å². The van der Waals surface area contributed by atoms with Crippen molar-refractivity contribution in [3.63, 3.8) is 0 Å². The van der Waals surface area contributed by atoms with Crippen LogP contribution in [0.4, 0.5) is 10.1 Å². The summed E-state index contributed by atoms with van der Waals surface area (Å²) >= 11 is 0. The molecule has 2 aromatic rings. The van der Waals surface area contributed by atoms with E-state index in [1.54, 1.807) is 18.2 Å². The highest BCUT2D eigenvalue weighted by Gasteiger charge is 2.28. The van der Waals surface area contributed by atoms with Crippen LogP contribution in [0.3, 0.4) is 0 Å². The summed E-state index contributed by atoms with van der Waals surface area (Å²) in [7, 11) is -3.50. The number of carbonyl (C=O) groups excluding carboxylic acids is 1. The van der Waals surface area contributed by atoms with Gasteiger partial charge in [0.25, 0.3) is 0 Å². The van der Waals surface area contributed by atoms with E-state index in [2.05, 4.69) is 5.32 Å². The van der Waals surface area contributed by atoms with Crippen molar-refractivity contribution in [2.24, 2.45) is 0 Å². The zero-order valence-electron chi connectivity index (χ0n) is 14.1. The third-order valence-corrected chi connectivity index (χ3v) is 5.89. The van der Waals surface area contributed by atoms with Crippen LogP contribution in [0.5, 0.6) is 0 Å². The van der Waals surface area contributed by atoms with E-state index in [4.69, 9.17) is 0 Å². The highest BCUT2D eigenvalue weighted by atomic mass is 32.2. The van der Waals surface area contributed by atoms with Crippen molar-refractivity contribution in [3.8, 4) is 0 Å². The Labute approximate surface area is 152 Å². The third-order valence-electron chi connectivity index (χ3n) is 4.12. The van der Waals surface area contributed by atoms with E-state index < -0.39 is 15.9 Å². The maximum absolute atomic E-state index is 13.1. The van der Waals surface area contributed by atoms with E-state index in [1.165, 1.54) is 28.6 Å². The Morgan fingerprint density at radius 2 is 2.00 bits per heavy atom. The fraction of sp³-hybridized carbons (Fsp3) is 0.211. The maximum Gasteiger partial charge on any atom is 0.244 e. The predicted octanol–water partition coefficient (Wildman–Crippen LogP) is 2.35. The van der Waals surface area contributed by atoms with Crippen LogP contribution in [-0.2, 0) is 21.2 Å². The average molecular weight is 374 g/mol. The summed E-state index contributed by atoms with van der Waals surface area (Å²) in [6.45, 7) is 0.433. The van der Waals surface area contributed by atoms with Gasteiger partial charge in [-0.15, -0.1) is 0 Å². The SMILES string of the molecule is O=C(/C=C/c1cccc(F)c1)NCCS(=O)(=O)N1CCc2ccccc21. The smallest absolute Gasteiger partial charge is 0.244 e. The van der Waals surface area contributed by atoms with Gasteiger partial charge in [-0.25, -0.2) is 12.8 Å². The van der Waals surface area contributed by atoms with Gasteiger partial charge in [-0.05, 0) is 41.8 Å². The molecule has 136 valence electrons. The molecule has 0 saturated carbocycles. The van der Waals surface area contributed by atoms with Gasteiger partial charge in [0.1, 0.15) is 5.82 Å². The molecule has 3 rings (SSSR count). The van der Waals surface area contributed by atoms with Crippen molar-refractivity contribution >= 4 is 27.7 Å². The Morgan fingerprint density at radius 3 is 2.81 bits per heavy atom. The second kappa shape index (κ2) is 7.70. The van der Waals surface area contributed by atoms with Crippen molar-refractivity contribution in [1.29, 1.82) is 0 Å². The Bertz CT molecular complexity index is 941. The zero-order valence-corrected chi connectivity index (χ0v) is 14.9. The molecule has 0 bridgehead atoms. The fourth-order valence-electron chi connectivity index (χ4n) is 2.85. The Hall–Kier alpha value is -2.67. The number of rotatable bonds is 6. The van der Waals surface area contributed by atoms with Gasteiger partial charge in [0.15, 0.2) is 0 Å². The van der Waals surface area contributed by atoms with Gasteiger partial charge in [-0.1, -0.05) is 30.3 Å². The summed E-state index contributed by atoms with van der Waals surface area (Å²) in [4.78, 5) is 11.8. The lowest BCUT2D eigenvalue weighted by Crippen LogP contribution is -2.36. The lowest BCUT2D eigenvalue weighted by atomic mass is 10.2. The quantitative estimate of drug-likeness (QED) is 0.790. The first-order valence-electron chi connectivity index (χ1n) is 8.25. The van der Waals surface area contributed by atoms with Crippen LogP contribution in [-0.4, -0.2) is 33.2 Å². The first kappa shape index (κ1) is 18.1. The lowest BCUT2D eigenvalue weighted by Gasteiger charge is -2.19. The summed E-state index contributed by atoms with van der Waals surface area (Å²) in [5.41, 5.74) is 2.28. The number of hydrogen-bond acceptors (Lipinski definition) is 3. The minimum atomic E-state index is -3.50. The normalized spacial score (nSPS) is 13.8. The second-order valence-corrected chi connectivity index (χ2v) is 7.96. The molecule has 1 amide bonds. The molecule has 0 radical (unpaired) electrons. The summed E-state index contributed by atoms with van der Waals surface area (Å²) in [5, 5.41) is 2.55. The molecule has 1 aliphatic rings. The summed E-state index contributed by atoms with van der Waals surface area (Å²) in [5.74, 6) is -0.989. The molecule has 5 nitrogen and oxygen atoms in total. The molecule has 1 aliphatic heterocycles. The van der Waals surface area contributed by atoms with Gasteiger partial charge < -0.3 is 5.32 Å². The monoisotopic (exact) mass is 374 g/mol. The zero-order chi connectivity index (χ0) is 18.6. The van der Waals surface area contributed by atoms with Crippen molar-refractivity contribution in [3.05, 3.63) is 71.6 Å². The molecular weight excluding hydrogens is 355 g/mol. The number of carbonyl (C=O) groups is 1. The number of anilines is 1. The van der Waals surface area contributed by atoms with Crippen molar-refractivity contribution in [2.45, 2.75) is 6.42 Å². The average Bonchev–Trinajstić information content (AvgIpc) is 3.05. The number of para-hydroxylation sites is 1. The molecule has 0 aliphatic carbocycles. The van der Waals surface area contributed by atoms with Gasteiger partial charge in [-0.3, -0.25) is 9.10 Å². The molecule has 2 aromatic carbocycles. The number of fused-ring (bicyclic) bond motifs is 1. The highest BCUT2D eigenvalue weighted by molar-refractivity contribution is 7.92. The highest BCUT2D eigenvalue weighted by Crippen LogP contribution is 2.29. The summed E-state index contributed by atoms with van der Waals surface area (Å²) in [6.07, 6.45) is 3.42. The van der Waals surface area contributed by atoms with Crippen LogP contribution in [0.25, 0.3) is 6.08 Å².